The van der Waals surface area contributed by atoms with Gasteiger partial charge >= 0.3 is 5.97 Å². The van der Waals surface area contributed by atoms with Crippen molar-refractivity contribution in [3.8, 4) is 0 Å². The zero-order valence-corrected chi connectivity index (χ0v) is 11.3. The van der Waals surface area contributed by atoms with Gasteiger partial charge in [-0.15, -0.1) is 5.06 Å². The molecule has 0 N–H and O–H groups in total. The van der Waals surface area contributed by atoms with E-state index in [1.807, 2.05) is 12.2 Å². The number of hydrogen-bond donors (Lipinski definition) is 0. The molecule has 0 spiro atoms. The molecule has 100 valence electrons. The van der Waals surface area contributed by atoms with Gasteiger partial charge in [0.05, 0.1) is 19.6 Å². The van der Waals surface area contributed by atoms with E-state index in [1.165, 1.54) is 0 Å². The van der Waals surface area contributed by atoms with Crippen LogP contribution in [0.5, 0.6) is 0 Å². The Hall–Kier alpha value is -1.21. The van der Waals surface area contributed by atoms with E-state index < -0.39 is 17.8 Å². The lowest BCUT2D eigenvalue weighted by atomic mass is 10.4. The standard InChI is InChI=1S/C11H14BrNO5/c12-6-1-2-7-17-8-5-11(16)18-13-9(14)3-4-10(13)15/h1-2H,3-8H2/b2-1+. The van der Waals surface area contributed by atoms with Crippen molar-refractivity contribution >= 4 is 33.7 Å². The summed E-state index contributed by atoms with van der Waals surface area (Å²) >= 11 is 3.22. The van der Waals surface area contributed by atoms with Crippen LogP contribution in [0.15, 0.2) is 12.2 Å². The summed E-state index contributed by atoms with van der Waals surface area (Å²) in [7, 11) is 0. The summed E-state index contributed by atoms with van der Waals surface area (Å²) in [5.74, 6) is -1.60. The Kier molecular flexibility index (Phi) is 6.59. The Bertz CT molecular complexity index is 339. The van der Waals surface area contributed by atoms with Crippen LogP contribution in [-0.4, -0.2) is 41.4 Å². The molecule has 6 nitrogen and oxygen atoms in total. The molecule has 0 radical (unpaired) electrons. The maximum absolute atomic E-state index is 11.3. The fraction of sp³-hybridized carbons (Fsp3) is 0.545. The van der Waals surface area contributed by atoms with Crippen molar-refractivity contribution in [1.29, 1.82) is 0 Å². The van der Waals surface area contributed by atoms with Crippen LogP contribution < -0.4 is 0 Å². The molecule has 0 aromatic heterocycles. The Morgan fingerprint density at radius 1 is 1.28 bits per heavy atom. The highest BCUT2D eigenvalue weighted by atomic mass is 79.9. The van der Waals surface area contributed by atoms with Crippen molar-refractivity contribution in [3.05, 3.63) is 12.2 Å². The van der Waals surface area contributed by atoms with Crippen LogP contribution in [0.4, 0.5) is 0 Å². The van der Waals surface area contributed by atoms with Crippen molar-refractivity contribution in [2.45, 2.75) is 19.3 Å². The van der Waals surface area contributed by atoms with Gasteiger partial charge in [0.25, 0.3) is 11.8 Å². The normalized spacial score (nSPS) is 15.7. The Morgan fingerprint density at radius 2 is 1.94 bits per heavy atom. The van der Waals surface area contributed by atoms with Crippen LogP contribution in [0.25, 0.3) is 0 Å². The maximum Gasteiger partial charge on any atom is 0.335 e. The first-order chi connectivity index (χ1) is 8.65. The van der Waals surface area contributed by atoms with Gasteiger partial charge in [0.1, 0.15) is 0 Å². The first-order valence-corrected chi connectivity index (χ1v) is 6.62. The summed E-state index contributed by atoms with van der Waals surface area (Å²) in [5, 5.41) is 1.28. The lowest BCUT2D eigenvalue weighted by Crippen LogP contribution is -2.32. The van der Waals surface area contributed by atoms with Gasteiger partial charge in [0.2, 0.25) is 0 Å². The van der Waals surface area contributed by atoms with Crippen LogP contribution in [0.1, 0.15) is 19.3 Å². The second kappa shape index (κ2) is 7.99. The lowest BCUT2D eigenvalue weighted by molar-refractivity contribution is -0.198. The average Bonchev–Trinajstić information content (AvgIpc) is 2.65. The highest BCUT2D eigenvalue weighted by Crippen LogP contribution is 2.12. The zero-order chi connectivity index (χ0) is 13.4. The summed E-state index contributed by atoms with van der Waals surface area (Å²) in [6.07, 6.45) is 3.88. The molecule has 2 amide bonds. The molecule has 7 heteroatoms. The second-order valence-electron chi connectivity index (χ2n) is 3.50. The van der Waals surface area contributed by atoms with Crippen LogP contribution in [-0.2, 0) is 24.0 Å². The number of carbonyl (C=O) groups excluding carboxylic acids is 3. The molecule has 0 aliphatic carbocycles. The highest BCUT2D eigenvalue weighted by molar-refractivity contribution is 9.09. The summed E-state index contributed by atoms with van der Waals surface area (Å²) in [5.41, 5.74) is 0. The molecule has 0 bridgehead atoms. The number of allylic oxidation sites excluding steroid dienone is 1. The Labute approximate surface area is 113 Å². The number of hydroxylamine groups is 2. The smallest absolute Gasteiger partial charge is 0.335 e. The topological polar surface area (TPSA) is 72.9 Å². The summed E-state index contributed by atoms with van der Waals surface area (Å²) < 4.78 is 5.13. The van der Waals surface area contributed by atoms with Crippen molar-refractivity contribution < 1.29 is 24.0 Å². The van der Waals surface area contributed by atoms with Crippen LogP contribution >= 0.6 is 15.9 Å². The van der Waals surface area contributed by atoms with Crippen molar-refractivity contribution in [1.82, 2.24) is 5.06 Å². The first kappa shape index (κ1) is 14.8. The third kappa shape index (κ3) is 4.97. The zero-order valence-electron chi connectivity index (χ0n) is 9.76. The van der Waals surface area contributed by atoms with Gasteiger partial charge in [0, 0.05) is 18.2 Å². The average molecular weight is 320 g/mol. The fourth-order valence-corrected chi connectivity index (χ4v) is 1.51. The molecule has 0 atom stereocenters. The fourth-order valence-electron chi connectivity index (χ4n) is 1.24. The number of ether oxygens (including phenoxy) is 1. The van der Waals surface area contributed by atoms with E-state index in [0.29, 0.717) is 11.7 Å². The molecule has 1 fully saturated rings. The summed E-state index contributed by atoms with van der Waals surface area (Å²) in [4.78, 5) is 38.3. The molecule has 0 aromatic carbocycles. The van der Waals surface area contributed by atoms with E-state index in [2.05, 4.69) is 20.8 Å². The van der Waals surface area contributed by atoms with E-state index in [9.17, 15) is 14.4 Å². The third-order valence-electron chi connectivity index (χ3n) is 2.12. The van der Waals surface area contributed by atoms with Crippen molar-refractivity contribution in [3.63, 3.8) is 0 Å². The van der Waals surface area contributed by atoms with E-state index in [1.54, 1.807) is 0 Å². The molecular formula is C11H14BrNO5. The Morgan fingerprint density at radius 3 is 2.56 bits per heavy atom. The van der Waals surface area contributed by atoms with Gasteiger partial charge in [-0.3, -0.25) is 9.59 Å². The molecule has 1 rings (SSSR count). The molecule has 0 saturated carbocycles. The first-order valence-electron chi connectivity index (χ1n) is 5.50. The monoisotopic (exact) mass is 319 g/mol. The largest absolute Gasteiger partial charge is 0.377 e. The molecule has 1 saturated heterocycles. The number of imide groups is 1. The predicted octanol–water partition coefficient (Wildman–Crippen LogP) is 0.951. The van der Waals surface area contributed by atoms with E-state index in [0.717, 1.165) is 5.33 Å². The quantitative estimate of drug-likeness (QED) is 0.302. The number of halogens is 1. The van der Waals surface area contributed by atoms with E-state index in [-0.39, 0.29) is 25.9 Å². The van der Waals surface area contributed by atoms with Gasteiger partial charge in [-0.1, -0.05) is 28.1 Å². The summed E-state index contributed by atoms with van der Waals surface area (Å²) in [6.45, 7) is 0.585. The lowest BCUT2D eigenvalue weighted by Gasteiger charge is -2.12. The highest BCUT2D eigenvalue weighted by Gasteiger charge is 2.32. The molecule has 0 aromatic rings. The molecule has 1 heterocycles. The Balaban J connectivity index is 2.16. The minimum atomic E-state index is -0.650. The van der Waals surface area contributed by atoms with E-state index >= 15 is 0 Å². The predicted molar refractivity (Wildman–Crippen MR) is 65.5 cm³/mol. The second-order valence-corrected chi connectivity index (χ2v) is 4.14. The number of hydrogen-bond acceptors (Lipinski definition) is 5. The van der Waals surface area contributed by atoms with Crippen LogP contribution in [0, 0.1) is 0 Å². The van der Waals surface area contributed by atoms with Crippen LogP contribution in [0.2, 0.25) is 0 Å². The van der Waals surface area contributed by atoms with E-state index in [4.69, 9.17) is 4.74 Å². The van der Waals surface area contributed by atoms with Gasteiger partial charge in [-0.2, -0.15) is 0 Å². The molecular weight excluding hydrogens is 306 g/mol. The number of nitrogens with zero attached hydrogens (tertiary/aromatic N) is 1. The molecule has 1 aliphatic heterocycles. The molecule has 18 heavy (non-hydrogen) atoms. The van der Waals surface area contributed by atoms with Gasteiger partial charge < -0.3 is 9.57 Å². The van der Waals surface area contributed by atoms with Crippen molar-refractivity contribution in [2.75, 3.05) is 18.5 Å². The number of rotatable bonds is 7. The van der Waals surface area contributed by atoms with Gasteiger partial charge in [-0.25, -0.2) is 4.79 Å². The van der Waals surface area contributed by atoms with Gasteiger partial charge in [0.15, 0.2) is 0 Å². The number of alkyl halides is 1. The van der Waals surface area contributed by atoms with Crippen molar-refractivity contribution in [2.24, 2.45) is 0 Å². The summed E-state index contributed by atoms with van der Waals surface area (Å²) in [6, 6.07) is 0. The van der Waals surface area contributed by atoms with Gasteiger partial charge in [-0.05, 0) is 0 Å². The minimum Gasteiger partial charge on any atom is -0.377 e. The number of carbonyl (C=O) groups is 3. The number of amides is 2. The molecule has 0 unspecified atom stereocenters. The SMILES string of the molecule is O=C(CCOC/C=C/CBr)ON1C(=O)CCC1=O. The van der Waals surface area contributed by atoms with Crippen LogP contribution in [0.3, 0.4) is 0 Å². The third-order valence-corrected chi connectivity index (χ3v) is 2.49. The minimum absolute atomic E-state index is 0.000781. The maximum atomic E-state index is 11.3. The molecule has 1 aliphatic rings.